The zero-order chi connectivity index (χ0) is 26.4. The van der Waals surface area contributed by atoms with Gasteiger partial charge in [-0.2, -0.15) is 0 Å². The van der Waals surface area contributed by atoms with Gasteiger partial charge in [0.25, 0.3) is 11.8 Å². The molecule has 9 heteroatoms. The second-order valence-electron chi connectivity index (χ2n) is 8.64. The van der Waals surface area contributed by atoms with Crippen LogP contribution in [0.25, 0.3) is 0 Å². The lowest BCUT2D eigenvalue weighted by Crippen LogP contribution is -2.42. The minimum Gasteiger partial charge on any atom is -0.493 e. The van der Waals surface area contributed by atoms with E-state index in [1.54, 1.807) is 36.4 Å². The summed E-state index contributed by atoms with van der Waals surface area (Å²) in [7, 11) is 4.53. The number of amides is 2. The number of likely N-dealkylation sites (tertiary alicyclic amines) is 1. The van der Waals surface area contributed by atoms with Crippen LogP contribution in [0.5, 0.6) is 17.2 Å². The monoisotopic (exact) mass is 523 g/mol. The lowest BCUT2D eigenvalue weighted by Gasteiger charge is -2.33. The third-order valence-corrected chi connectivity index (χ3v) is 6.64. The van der Waals surface area contributed by atoms with Gasteiger partial charge in [0, 0.05) is 48.1 Å². The molecular weight excluding hydrogens is 494 g/mol. The van der Waals surface area contributed by atoms with E-state index in [1.165, 1.54) is 21.3 Å². The lowest BCUT2D eigenvalue weighted by molar-refractivity contribution is 0.0718. The van der Waals surface area contributed by atoms with E-state index in [-0.39, 0.29) is 17.9 Å². The molecule has 2 amide bonds. The third-order valence-electron chi connectivity index (χ3n) is 6.31. The number of nitrogens with one attached hydrogen (secondary N) is 2. The van der Waals surface area contributed by atoms with Crippen LogP contribution in [0.4, 0.5) is 11.4 Å². The van der Waals surface area contributed by atoms with E-state index in [1.807, 2.05) is 29.2 Å². The van der Waals surface area contributed by atoms with Crippen molar-refractivity contribution >= 4 is 34.8 Å². The summed E-state index contributed by atoms with van der Waals surface area (Å²) in [6.45, 7) is 1.23. The topological polar surface area (TPSA) is 89.1 Å². The van der Waals surface area contributed by atoms with Gasteiger partial charge in [0.2, 0.25) is 5.75 Å². The largest absolute Gasteiger partial charge is 0.493 e. The SMILES string of the molecule is COc1cc(NC(=O)c2cccc(C(=O)N3CCC(Nc4ccccc4Cl)CC3)c2)cc(OC)c1OC. The van der Waals surface area contributed by atoms with E-state index in [2.05, 4.69) is 10.6 Å². The van der Waals surface area contributed by atoms with Crippen LogP contribution in [0.15, 0.2) is 60.7 Å². The van der Waals surface area contributed by atoms with E-state index >= 15 is 0 Å². The molecule has 0 aromatic heterocycles. The van der Waals surface area contributed by atoms with Crippen molar-refractivity contribution in [3.8, 4) is 17.2 Å². The van der Waals surface area contributed by atoms with E-state index in [4.69, 9.17) is 25.8 Å². The van der Waals surface area contributed by atoms with Crippen molar-refractivity contribution in [1.82, 2.24) is 4.90 Å². The molecule has 0 unspecified atom stereocenters. The number of hydrogen-bond donors (Lipinski definition) is 2. The lowest BCUT2D eigenvalue weighted by atomic mass is 10.0. The van der Waals surface area contributed by atoms with Crippen molar-refractivity contribution in [3.63, 3.8) is 0 Å². The fourth-order valence-corrected chi connectivity index (χ4v) is 4.55. The van der Waals surface area contributed by atoms with Crippen LogP contribution in [0.3, 0.4) is 0 Å². The number of ether oxygens (including phenoxy) is 3. The van der Waals surface area contributed by atoms with E-state index in [0.29, 0.717) is 52.2 Å². The van der Waals surface area contributed by atoms with Crippen LogP contribution in [0, 0.1) is 0 Å². The van der Waals surface area contributed by atoms with E-state index in [0.717, 1.165) is 18.5 Å². The molecule has 0 bridgehead atoms. The molecular formula is C28H30ClN3O5. The third kappa shape index (κ3) is 6.09. The van der Waals surface area contributed by atoms with Gasteiger partial charge in [-0.3, -0.25) is 9.59 Å². The van der Waals surface area contributed by atoms with E-state index in [9.17, 15) is 9.59 Å². The zero-order valence-electron chi connectivity index (χ0n) is 21.0. The van der Waals surface area contributed by atoms with Gasteiger partial charge in [-0.1, -0.05) is 29.8 Å². The Labute approximate surface area is 221 Å². The average Bonchev–Trinajstić information content (AvgIpc) is 2.93. The molecule has 8 nitrogen and oxygen atoms in total. The second kappa shape index (κ2) is 11.9. The smallest absolute Gasteiger partial charge is 0.255 e. The second-order valence-corrected chi connectivity index (χ2v) is 9.05. The number of methoxy groups -OCH3 is 3. The summed E-state index contributed by atoms with van der Waals surface area (Å²) < 4.78 is 16.0. The highest BCUT2D eigenvalue weighted by Crippen LogP contribution is 2.40. The summed E-state index contributed by atoms with van der Waals surface area (Å²) in [5.74, 6) is 0.827. The van der Waals surface area contributed by atoms with Crippen molar-refractivity contribution in [2.75, 3.05) is 45.1 Å². The van der Waals surface area contributed by atoms with Crippen LogP contribution >= 0.6 is 11.6 Å². The van der Waals surface area contributed by atoms with Crippen molar-refractivity contribution < 1.29 is 23.8 Å². The molecule has 1 heterocycles. The molecule has 1 saturated heterocycles. The molecule has 0 radical (unpaired) electrons. The number of piperidine rings is 1. The Balaban J connectivity index is 1.40. The van der Waals surface area contributed by atoms with Gasteiger partial charge in [-0.05, 0) is 43.2 Å². The number of carbonyl (C=O) groups is 2. The first kappa shape index (κ1) is 26.2. The molecule has 0 aliphatic carbocycles. The summed E-state index contributed by atoms with van der Waals surface area (Å²) >= 11 is 6.26. The number of nitrogens with zero attached hydrogens (tertiary/aromatic N) is 1. The Morgan fingerprint density at radius 3 is 2.14 bits per heavy atom. The molecule has 3 aromatic rings. The highest BCUT2D eigenvalue weighted by molar-refractivity contribution is 6.33. The Bertz CT molecular complexity index is 1250. The molecule has 2 N–H and O–H groups in total. The fraction of sp³-hybridized carbons (Fsp3) is 0.286. The Morgan fingerprint density at radius 1 is 0.865 bits per heavy atom. The first-order valence-corrected chi connectivity index (χ1v) is 12.3. The predicted octanol–water partition coefficient (Wildman–Crippen LogP) is 5.33. The van der Waals surface area contributed by atoms with Gasteiger partial charge in [-0.25, -0.2) is 0 Å². The summed E-state index contributed by atoms with van der Waals surface area (Å²) in [6, 6.07) is 17.9. The van der Waals surface area contributed by atoms with Gasteiger partial charge in [0.05, 0.1) is 32.0 Å². The highest BCUT2D eigenvalue weighted by atomic mass is 35.5. The standard InChI is InChI=1S/C28H30ClN3O5/c1-35-24-16-21(17-25(36-2)26(24)37-3)31-27(33)18-7-6-8-19(15-18)28(34)32-13-11-20(12-14-32)30-23-10-5-4-9-22(23)29/h4-10,15-17,20,30H,11-14H2,1-3H3,(H,31,33). The van der Waals surface area contributed by atoms with Crippen molar-refractivity contribution in [1.29, 1.82) is 0 Å². The maximum Gasteiger partial charge on any atom is 0.255 e. The van der Waals surface area contributed by atoms with Gasteiger partial charge >= 0.3 is 0 Å². The van der Waals surface area contributed by atoms with Crippen LogP contribution in [-0.4, -0.2) is 57.2 Å². The number of carbonyl (C=O) groups excluding carboxylic acids is 2. The van der Waals surface area contributed by atoms with Gasteiger partial charge in [0.1, 0.15) is 0 Å². The van der Waals surface area contributed by atoms with Crippen LogP contribution < -0.4 is 24.8 Å². The van der Waals surface area contributed by atoms with Crippen LogP contribution in [0.1, 0.15) is 33.6 Å². The number of halogens is 1. The minimum atomic E-state index is -0.355. The highest BCUT2D eigenvalue weighted by Gasteiger charge is 2.24. The molecule has 1 aliphatic rings. The zero-order valence-corrected chi connectivity index (χ0v) is 21.8. The van der Waals surface area contributed by atoms with Crippen molar-refractivity contribution in [3.05, 3.63) is 76.8 Å². The van der Waals surface area contributed by atoms with Gasteiger partial charge < -0.3 is 29.7 Å². The van der Waals surface area contributed by atoms with Crippen molar-refractivity contribution in [2.45, 2.75) is 18.9 Å². The minimum absolute atomic E-state index is 0.0985. The van der Waals surface area contributed by atoms with E-state index < -0.39 is 0 Å². The average molecular weight is 524 g/mol. The number of para-hydroxylation sites is 1. The molecule has 1 aliphatic heterocycles. The first-order valence-electron chi connectivity index (χ1n) is 11.9. The Hall–Kier alpha value is -3.91. The maximum absolute atomic E-state index is 13.2. The summed E-state index contributed by atoms with van der Waals surface area (Å²) in [4.78, 5) is 28.0. The molecule has 194 valence electrons. The quantitative estimate of drug-likeness (QED) is 0.414. The Kier molecular flexibility index (Phi) is 8.40. The normalized spacial score (nSPS) is 13.6. The molecule has 0 spiro atoms. The van der Waals surface area contributed by atoms with Crippen molar-refractivity contribution in [2.24, 2.45) is 0 Å². The molecule has 0 atom stereocenters. The molecule has 1 fully saturated rings. The molecule has 37 heavy (non-hydrogen) atoms. The molecule has 0 saturated carbocycles. The molecule has 4 rings (SSSR count). The van der Waals surface area contributed by atoms with Crippen LogP contribution in [-0.2, 0) is 0 Å². The van der Waals surface area contributed by atoms with Gasteiger partial charge in [0.15, 0.2) is 11.5 Å². The predicted molar refractivity (Wildman–Crippen MR) is 144 cm³/mol. The summed E-state index contributed by atoms with van der Waals surface area (Å²) in [5, 5.41) is 6.99. The number of hydrogen-bond acceptors (Lipinski definition) is 6. The maximum atomic E-state index is 13.2. The van der Waals surface area contributed by atoms with Gasteiger partial charge in [-0.15, -0.1) is 0 Å². The summed E-state index contributed by atoms with van der Waals surface area (Å²) in [6.07, 6.45) is 1.61. The summed E-state index contributed by atoms with van der Waals surface area (Å²) in [5.41, 5.74) is 2.22. The molecule has 3 aromatic carbocycles. The fourth-order valence-electron chi connectivity index (χ4n) is 4.36. The number of rotatable bonds is 8. The number of benzene rings is 3. The van der Waals surface area contributed by atoms with Crippen LogP contribution in [0.2, 0.25) is 5.02 Å². The first-order chi connectivity index (χ1) is 17.9. The Morgan fingerprint density at radius 2 is 1.51 bits per heavy atom. The number of anilines is 2.